The van der Waals surface area contributed by atoms with Gasteiger partial charge in [-0.25, -0.2) is 8.42 Å². The Hall–Kier alpha value is -1.25. The minimum Gasteiger partial charge on any atom is -0.497 e. The average Bonchev–Trinajstić information content (AvgIpc) is 3.08. The molecule has 1 aliphatic heterocycles. The first-order valence-corrected chi connectivity index (χ1v) is 11.8. The molecule has 0 radical (unpaired) electrons. The van der Waals surface area contributed by atoms with E-state index < -0.39 is 16.1 Å². The summed E-state index contributed by atoms with van der Waals surface area (Å²) in [4.78, 5) is 12.8. The molecule has 6 nitrogen and oxygen atoms in total. The lowest BCUT2D eigenvalue weighted by atomic mass is 10.2. The molecule has 1 aliphatic carbocycles. The average molecular weight is 399 g/mol. The molecule has 1 amide bonds. The van der Waals surface area contributed by atoms with Gasteiger partial charge in [0.15, 0.2) is 0 Å². The highest BCUT2D eigenvalue weighted by Crippen LogP contribution is 2.24. The summed E-state index contributed by atoms with van der Waals surface area (Å²) in [6.07, 6.45) is 4.21. The lowest BCUT2D eigenvalue weighted by molar-refractivity contribution is -0.125. The number of methoxy groups -OCH3 is 1. The molecule has 1 saturated heterocycles. The van der Waals surface area contributed by atoms with Gasteiger partial charge in [0.05, 0.1) is 12.9 Å². The second-order valence-electron chi connectivity index (χ2n) is 6.79. The predicted molar refractivity (Wildman–Crippen MR) is 104 cm³/mol. The molecular weight excluding hydrogens is 372 g/mol. The van der Waals surface area contributed by atoms with Gasteiger partial charge < -0.3 is 10.1 Å². The maximum atomic E-state index is 12.8. The Kier molecular flexibility index (Phi) is 6.47. The molecule has 2 aliphatic rings. The first-order chi connectivity index (χ1) is 12.5. The van der Waals surface area contributed by atoms with E-state index in [2.05, 4.69) is 5.32 Å². The molecule has 1 aromatic rings. The molecule has 2 fully saturated rings. The smallest absolute Gasteiger partial charge is 0.239 e. The molecule has 1 atom stereocenters. The van der Waals surface area contributed by atoms with Crippen LogP contribution in [0.4, 0.5) is 0 Å². The van der Waals surface area contributed by atoms with Crippen LogP contribution in [0.2, 0.25) is 0 Å². The third kappa shape index (κ3) is 4.72. The predicted octanol–water partition coefficient (Wildman–Crippen LogP) is 2.00. The molecular formula is C18H26N2O4S2. The van der Waals surface area contributed by atoms with Crippen LogP contribution in [-0.2, 0) is 21.4 Å². The van der Waals surface area contributed by atoms with Crippen LogP contribution in [0.3, 0.4) is 0 Å². The van der Waals surface area contributed by atoms with Gasteiger partial charge in [-0.1, -0.05) is 25.0 Å². The highest BCUT2D eigenvalue weighted by molar-refractivity contribution is 8.00. The monoisotopic (exact) mass is 398 g/mol. The van der Waals surface area contributed by atoms with Crippen molar-refractivity contribution in [3.8, 4) is 5.75 Å². The lowest BCUT2D eigenvalue weighted by Gasteiger charge is -2.29. The van der Waals surface area contributed by atoms with Gasteiger partial charge >= 0.3 is 0 Å². The van der Waals surface area contributed by atoms with E-state index in [0.717, 1.165) is 37.0 Å². The Morgan fingerprint density at radius 2 is 1.96 bits per heavy atom. The van der Waals surface area contributed by atoms with Crippen LogP contribution in [0, 0.1) is 0 Å². The Balaban J connectivity index is 1.80. The first-order valence-electron chi connectivity index (χ1n) is 9.00. The third-order valence-corrected chi connectivity index (χ3v) is 8.09. The van der Waals surface area contributed by atoms with Crippen molar-refractivity contribution in [2.45, 2.75) is 44.3 Å². The fourth-order valence-electron chi connectivity index (χ4n) is 3.45. The molecule has 0 spiro atoms. The molecule has 1 N–H and O–H groups in total. The number of amides is 1. The van der Waals surface area contributed by atoms with Gasteiger partial charge in [-0.2, -0.15) is 16.1 Å². The van der Waals surface area contributed by atoms with Crippen LogP contribution in [-0.4, -0.2) is 55.1 Å². The Morgan fingerprint density at radius 1 is 1.27 bits per heavy atom. The van der Waals surface area contributed by atoms with Crippen LogP contribution in [0.25, 0.3) is 0 Å². The lowest BCUT2D eigenvalue weighted by Crippen LogP contribution is -2.52. The number of thioether (sulfide) groups is 1. The summed E-state index contributed by atoms with van der Waals surface area (Å²) >= 11 is 1.53. The van der Waals surface area contributed by atoms with Crippen molar-refractivity contribution < 1.29 is 17.9 Å². The van der Waals surface area contributed by atoms with Crippen molar-refractivity contribution in [2.24, 2.45) is 0 Å². The van der Waals surface area contributed by atoms with Crippen LogP contribution in [0.5, 0.6) is 5.75 Å². The summed E-state index contributed by atoms with van der Waals surface area (Å²) in [5.41, 5.74) is 0.847. The van der Waals surface area contributed by atoms with Crippen molar-refractivity contribution in [1.29, 1.82) is 0 Å². The quantitative estimate of drug-likeness (QED) is 0.821. The fraction of sp³-hybridized carbons (Fsp3) is 0.611. The molecule has 1 saturated carbocycles. The van der Waals surface area contributed by atoms with Crippen LogP contribution < -0.4 is 10.1 Å². The molecule has 1 heterocycles. The van der Waals surface area contributed by atoms with E-state index in [1.807, 2.05) is 24.3 Å². The molecule has 144 valence electrons. The van der Waals surface area contributed by atoms with Gasteiger partial charge in [0, 0.05) is 24.1 Å². The second kappa shape index (κ2) is 8.63. The Bertz CT molecular complexity index is 715. The molecule has 1 aromatic carbocycles. The summed E-state index contributed by atoms with van der Waals surface area (Å²) in [7, 11) is -1.89. The van der Waals surface area contributed by atoms with Gasteiger partial charge in [0.25, 0.3) is 0 Å². The number of carbonyl (C=O) groups excluding carboxylic acids is 1. The maximum Gasteiger partial charge on any atom is 0.239 e. The molecule has 26 heavy (non-hydrogen) atoms. The summed E-state index contributed by atoms with van der Waals surface area (Å²) < 4.78 is 32.1. The summed E-state index contributed by atoms with van der Waals surface area (Å²) in [5, 5.41) is 3.07. The normalized spacial score (nSPS) is 24.1. The third-order valence-electron chi connectivity index (χ3n) is 4.97. The number of hydrogen-bond donors (Lipinski definition) is 1. The van der Waals surface area contributed by atoms with Gasteiger partial charge in [-0.15, -0.1) is 0 Å². The first kappa shape index (κ1) is 19.5. The maximum absolute atomic E-state index is 12.8. The van der Waals surface area contributed by atoms with E-state index in [1.165, 1.54) is 16.1 Å². The molecule has 0 aromatic heterocycles. The number of carbonyl (C=O) groups is 1. The topological polar surface area (TPSA) is 75.7 Å². The minimum absolute atomic E-state index is 0.0705. The summed E-state index contributed by atoms with van der Waals surface area (Å²) in [5.74, 6) is 1.64. The fourth-order valence-corrected chi connectivity index (χ4v) is 6.71. The van der Waals surface area contributed by atoms with Gasteiger partial charge in [-0.05, 0) is 30.5 Å². The standard InChI is InChI=1S/C18H26N2O4S2/c1-24-16-8-6-14(7-9-16)12-20-17(13-25-10-11-26(20,22)23)18(21)19-15-4-2-3-5-15/h6-9,15,17H,2-5,10-13H2,1H3,(H,19,21). The SMILES string of the molecule is COc1ccc(CN2C(C(=O)NC3CCCC3)CSCCS2(=O)=O)cc1. The number of benzene rings is 1. The summed E-state index contributed by atoms with van der Waals surface area (Å²) in [6, 6.07) is 6.83. The highest BCUT2D eigenvalue weighted by atomic mass is 32.2. The van der Waals surface area contributed by atoms with E-state index in [0.29, 0.717) is 11.5 Å². The van der Waals surface area contributed by atoms with Crippen LogP contribution in [0.15, 0.2) is 24.3 Å². The van der Waals surface area contributed by atoms with Crippen LogP contribution in [0.1, 0.15) is 31.2 Å². The molecule has 3 rings (SSSR count). The molecule has 1 unspecified atom stereocenters. The van der Waals surface area contributed by atoms with E-state index in [-0.39, 0.29) is 24.2 Å². The number of rotatable bonds is 5. The van der Waals surface area contributed by atoms with Crippen molar-refractivity contribution >= 4 is 27.7 Å². The van der Waals surface area contributed by atoms with Crippen molar-refractivity contribution in [1.82, 2.24) is 9.62 Å². The van der Waals surface area contributed by atoms with Crippen molar-refractivity contribution in [3.63, 3.8) is 0 Å². The van der Waals surface area contributed by atoms with Gasteiger partial charge in [0.2, 0.25) is 15.9 Å². The number of sulfonamides is 1. The zero-order chi connectivity index (χ0) is 18.6. The minimum atomic E-state index is -3.48. The molecule has 8 heteroatoms. The Labute approximate surface area is 159 Å². The molecule has 0 bridgehead atoms. The van der Waals surface area contributed by atoms with E-state index in [9.17, 15) is 13.2 Å². The van der Waals surface area contributed by atoms with Gasteiger partial charge in [0.1, 0.15) is 11.8 Å². The Morgan fingerprint density at radius 3 is 2.62 bits per heavy atom. The van der Waals surface area contributed by atoms with Crippen molar-refractivity contribution in [2.75, 3.05) is 24.4 Å². The highest BCUT2D eigenvalue weighted by Gasteiger charge is 2.37. The van der Waals surface area contributed by atoms with Crippen LogP contribution >= 0.6 is 11.8 Å². The number of nitrogens with zero attached hydrogens (tertiary/aromatic N) is 1. The van der Waals surface area contributed by atoms with E-state index >= 15 is 0 Å². The van der Waals surface area contributed by atoms with E-state index in [4.69, 9.17) is 4.74 Å². The van der Waals surface area contributed by atoms with Crippen molar-refractivity contribution in [3.05, 3.63) is 29.8 Å². The number of nitrogens with one attached hydrogen (secondary N) is 1. The second-order valence-corrected chi connectivity index (χ2v) is 9.98. The zero-order valence-corrected chi connectivity index (χ0v) is 16.7. The number of ether oxygens (including phenoxy) is 1. The summed E-state index contributed by atoms with van der Waals surface area (Å²) in [6.45, 7) is 0.204. The zero-order valence-electron chi connectivity index (χ0n) is 15.0. The van der Waals surface area contributed by atoms with E-state index in [1.54, 1.807) is 7.11 Å². The number of hydrogen-bond acceptors (Lipinski definition) is 5. The largest absolute Gasteiger partial charge is 0.497 e. The van der Waals surface area contributed by atoms with Gasteiger partial charge in [-0.3, -0.25) is 4.79 Å².